The van der Waals surface area contributed by atoms with Crippen molar-refractivity contribution >= 4 is 23.4 Å². The third-order valence-electron chi connectivity index (χ3n) is 5.19. The second-order valence-corrected chi connectivity index (χ2v) is 6.91. The topological polar surface area (TPSA) is 51.2 Å². The number of hydrogen-bond acceptors (Lipinski definition) is 4. The Kier molecular flexibility index (Phi) is 4.76. The molecule has 6 heteroatoms. The van der Waals surface area contributed by atoms with Crippen LogP contribution in [-0.4, -0.2) is 23.6 Å². The van der Waals surface area contributed by atoms with Crippen molar-refractivity contribution in [1.82, 2.24) is 4.98 Å². The number of aryl methyl sites for hydroxylation is 1. The zero-order valence-electron chi connectivity index (χ0n) is 13.4. The molecule has 2 atom stereocenters. The predicted molar refractivity (Wildman–Crippen MR) is 86.9 cm³/mol. The number of nitrogens with zero attached hydrogens (tertiary/aromatic N) is 1. The molecular weight excluding hydrogens is 319 g/mol. The molecule has 1 heterocycles. The van der Waals surface area contributed by atoms with Crippen molar-refractivity contribution in [2.75, 3.05) is 11.9 Å². The van der Waals surface area contributed by atoms with Crippen LogP contribution < -0.4 is 5.32 Å². The van der Waals surface area contributed by atoms with E-state index in [9.17, 15) is 9.18 Å². The predicted octanol–water partition coefficient (Wildman–Crippen LogP) is 3.96. The fourth-order valence-corrected chi connectivity index (χ4v) is 4.19. The smallest absolute Gasteiger partial charge is 0.311 e. The molecule has 1 aromatic rings. The molecule has 23 heavy (non-hydrogen) atoms. The first-order valence-electron chi connectivity index (χ1n) is 8.27. The number of pyridine rings is 1. The molecule has 0 spiro atoms. The Labute approximate surface area is 140 Å². The number of halogens is 2. The molecule has 1 N–H and O–H groups in total. The average Bonchev–Trinajstić information content (AvgIpc) is 2.53. The maximum Gasteiger partial charge on any atom is 0.311 e. The highest BCUT2D eigenvalue weighted by atomic mass is 35.5. The van der Waals surface area contributed by atoms with E-state index in [1.165, 1.54) is 6.07 Å². The SMILES string of the molecule is CCOC(=O)[C@H]1C2CCC(CC2)[C@@H]1Nc1nc(Cl)c(C)cc1F. The van der Waals surface area contributed by atoms with Crippen molar-refractivity contribution in [2.24, 2.45) is 17.8 Å². The van der Waals surface area contributed by atoms with Gasteiger partial charge in [0.05, 0.1) is 12.5 Å². The van der Waals surface area contributed by atoms with E-state index in [4.69, 9.17) is 16.3 Å². The number of rotatable bonds is 4. The van der Waals surface area contributed by atoms with Crippen molar-refractivity contribution in [3.63, 3.8) is 0 Å². The fourth-order valence-electron chi connectivity index (χ4n) is 4.05. The van der Waals surface area contributed by atoms with E-state index < -0.39 is 5.82 Å². The molecule has 0 amide bonds. The largest absolute Gasteiger partial charge is 0.466 e. The maximum absolute atomic E-state index is 14.2. The van der Waals surface area contributed by atoms with Gasteiger partial charge in [0.25, 0.3) is 0 Å². The van der Waals surface area contributed by atoms with Gasteiger partial charge in [-0.1, -0.05) is 11.6 Å². The summed E-state index contributed by atoms with van der Waals surface area (Å²) in [7, 11) is 0. The molecule has 0 radical (unpaired) electrons. The van der Waals surface area contributed by atoms with Crippen LogP contribution in [0, 0.1) is 30.5 Å². The molecule has 2 bridgehead atoms. The van der Waals surface area contributed by atoms with E-state index in [0.717, 1.165) is 25.7 Å². The molecule has 0 saturated heterocycles. The summed E-state index contributed by atoms with van der Waals surface area (Å²) < 4.78 is 19.5. The molecule has 3 aliphatic carbocycles. The molecule has 4 rings (SSSR count). The monoisotopic (exact) mass is 340 g/mol. The third kappa shape index (κ3) is 3.16. The van der Waals surface area contributed by atoms with Gasteiger partial charge in [-0.05, 0) is 63.0 Å². The summed E-state index contributed by atoms with van der Waals surface area (Å²) >= 11 is 6.02. The van der Waals surface area contributed by atoms with Crippen LogP contribution >= 0.6 is 11.6 Å². The lowest BCUT2D eigenvalue weighted by Gasteiger charge is -2.47. The number of ether oxygens (including phenoxy) is 1. The second-order valence-electron chi connectivity index (χ2n) is 6.55. The Morgan fingerprint density at radius 3 is 2.70 bits per heavy atom. The van der Waals surface area contributed by atoms with E-state index in [1.54, 1.807) is 6.92 Å². The van der Waals surface area contributed by atoms with E-state index in [0.29, 0.717) is 24.0 Å². The van der Waals surface area contributed by atoms with Gasteiger partial charge in [0, 0.05) is 6.04 Å². The maximum atomic E-state index is 14.2. The normalized spacial score (nSPS) is 29.4. The standard InChI is InChI=1S/C17H22ClFN2O2/c1-3-23-17(22)13-10-4-6-11(7-5-10)14(13)20-16-12(19)8-9(2)15(18)21-16/h8,10-11,13-14H,3-7H2,1-2H3,(H,20,21)/t10?,11?,13-,14-/m0/s1. The van der Waals surface area contributed by atoms with E-state index in [1.807, 2.05) is 6.92 Å². The Morgan fingerprint density at radius 1 is 1.39 bits per heavy atom. The summed E-state index contributed by atoms with van der Waals surface area (Å²) in [5.41, 5.74) is 0.599. The van der Waals surface area contributed by atoms with Crippen molar-refractivity contribution in [3.05, 3.63) is 22.6 Å². The number of carbonyl (C=O) groups excluding carboxylic acids is 1. The van der Waals surface area contributed by atoms with Gasteiger partial charge in [0.15, 0.2) is 11.6 Å². The van der Waals surface area contributed by atoms with Crippen molar-refractivity contribution in [1.29, 1.82) is 0 Å². The summed E-state index contributed by atoms with van der Waals surface area (Å²) in [6.07, 6.45) is 4.19. The fraction of sp³-hybridized carbons (Fsp3) is 0.647. The number of carbonyl (C=O) groups is 1. The van der Waals surface area contributed by atoms with Crippen molar-refractivity contribution in [2.45, 2.75) is 45.6 Å². The van der Waals surface area contributed by atoms with Gasteiger partial charge >= 0.3 is 5.97 Å². The lowest BCUT2D eigenvalue weighted by atomic mass is 9.61. The molecule has 3 saturated carbocycles. The van der Waals surface area contributed by atoms with Gasteiger partial charge in [0.2, 0.25) is 0 Å². The minimum absolute atomic E-state index is 0.132. The van der Waals surface area contributed by atoms with Crippen molar-refractivity contribution < 1.29 is 13.9 Å². The lowest BCUT2D eigenvalue weighted by molar-refractivity contribution is -0.154. The van der Waals surface area contributed by atoms with Gasteiger partial charge in [-0.3, -0.25) is 4.79 Å². The first kappa shape index (κ1) is 16.5. The first-order chi connectivity index (χ1) is 11.0. The van der Waals surface area contributed by atoms with Crippen LogP contribution in [0.25, 0.3) is 0 Å². The highest BCUT2D eigenvalue weighted by molar-refractivity contribution is 6.30. The van der Waals surface area contributed by atoms with Crippen LogP contribution in [0.15, 0.2) is 6.07 Å². The van der Waals surface area contributed by atoms with E-state index in [2.05, 4.69) is 10.3 Å². The van der Waals surface area contributed by atoms with Gasteiger partial charge in [-0.2, -0.15) is 0 Å². The number of anilines is 1. The Bertz CT molecular complexity index is 603. The third-order valence-corrected chi connectivity index (χ3v) is 5.57. The van der Waals surface area contributed by atoms with Gasteiger partial charge < -0.3 is 10.1 Å². The summed E-state index contributed by atoms with van der Waals surface area (Å²) in [6.45, 7) is 3.89. The lowest BCUT2D eigenvalue weighted by Crippen LogP contribution is -2.52. The van der Waals surface area contributed by atoms with Crippen LogP contribution in [0.3, 0.4) is 0 Å². The van der Waals surface area contributed by atoms with Crippen LogP contribution in [0.1, 0.15) is 38.2 Å². The summed E-state index contributed by atoms with van der Waals surface area (Å²) in [4.78, 5) is 16.5. The molecular formula is C17H22ClFN2O2. The second kappa shape index (κ2) is 6.63. The Hall–Kier alpha value is -1.36. The summed E-state index contributed by atoms with van der Waals surface area (Å²) in [5.74, 6) is -0.0682. The molecule has 0 unspecified atom stereocenters. The molecule has 4 nitrogen and oxygen atoms in total. The number of nitrogens with one attached hydrogen (secondary N) is 1. The molecule has 126 valence electrons. The van der Waals surface area contributed by atoms with Gasteiger partial charge in [-0.25, -0.2) is 9.37 Å². The minimum atomic E-state index is -0.434. The summed E-state index contributed by atoms with van der Waals surface area (Å²) in [5, 5.41) is 3.45. The molecule has 1 aromatic heterocycles. The highest BCUT2D eigenvalue weighted by Gasteiger charge is 2.48. The minimum Gasteiger partial charge on any atom is -0.466 e. The Balaban J connectivity index is 1.87. The van der Waals surface area contributed by atoms with E-state index in [-0.39, 0.29) is 28.9 Å². The summed E-state index contributed by atoms with van der Waals surface area (Å²) in [6, 6.07) is 1.24. The molecule has 3 aliphatic rings. The Morgan fingerprint density at radius 2 is 2.04 bits per heavy atom. The van der Waals surface area contributed by atoms with Crippen LogP contribution in [0.5, 0.6) is 0 Å². The van der Waals surface area contributed by atoms with Crippen LogP contribution in [0.2, 0.25) is 5.15 Å². The zero-order valence-corrected chi connectivity index (χ0v) is 14.2. The average molecular weight is 341 g/mol. The van der Waals surface area contributed by atoms with Crippen LogP contribution in [-0.2, 0) is 9.53 Å². The van der Waals surface area contributed by atoms with Gasteiger partial charge in [-0.15, -0.1) is 0 Å². The molecule has 3 fully saturated rings. The number of hydrogen-bond donors (Lipinski definition) is 1. The molecule has 0 aromatic carbocycles. The van der Waals surface area contributed by atoms with E-state index >= 15 is 0 Å². The van der Waals surface area contributed by atoms with Crippen LogP contribution in [0.4, 0.5) is 10.2 Å². The number of aromatic nitrogens is 1. The molecule has 0 aliphatic heterocycles. The quantitative estimate of drug-likeness (QED) is 0.665. The zero-order chi connectivity index (χ0) is 16.6. The van der Waals surface area contributed by atoms with Gasteiger partial charge in [0.1, 0.15) is 5.15 Å². The first-order valence-corrected chi connectivity index (χ1v) is 8.64. The number of fused-ring (bicyclic) bond motifs is 3. The number of esters is 1. The highest BCUT2D eigenvalue weighted by Crippen LogP contribution is 2.46. The van der Waals surface area contributed by atoms with Crippen molar-refractivity contribution in [3.8, 4) is 0 Å².